The van der Waals surface area contributed by atoms with Crippen LogP contribution in [-0.2, 0) is 9.59 Å². The summed E-state index contributed by atoms with van der Waals surface area (Å²) < 4.78 is 0. The molecule has 0 aromatic rings. The second-order valence-electron chi connectivity index (χ2n) is 5.47. The predicted octanol–water partition coefficient (Wildman–Crippen LogP) is 1.44. The van der Waals surface area contributed by atoms with E-state index in [1.165, 1.54) is 0 Å². The molecule has 2 heterocycles. The van der Waals surface area contributed by atoms with Crippen LogP contribution in [-0.4, -0.2) is 52.7 Å². The van der Waals surface area contributed by atoms with Gasteiger partial charge in [-0.2, -0.15) is 0 Å². The summed E-state index contributed by atoms with van der Waals surface area (Å²) >= 11 is 0. The van der Waals surface area contributed by atoms with Crippen LogP contribution >= 0.6 is 0 Å². The molecule has 0 aromatic carbocycles. The standard InChI is InChI=1S/C14H24N2O2/c1-4-15(5-2)14(18)10(3)16-11-6-7-12(16)9-13(17)8-11/h10-12H,4-9H2,1-3H3. The topological polar surface area (TPSA) is 40.6 Å². The van der Waals surface area contributed by atoms with Gasteiger partial charge in [0.15, 0.2) is 0 Å². The molecule has 4 nitrogen and oxygen atoms in total. The van der Waals surface area contributed by atoms with Gasteiger partial charge in [-0.1, -0.05) is 0 Å². The second-order valence-corrected chi connectivity index (χ2v) is 5.47. The smallest absolute Gasteiger partial charge is 0.239 e. The van der Waals surface area contributed by atoms with Crippen molar-refractivity contribution in [3.05, 3.63) is 0 Å². The lowest BCUT2D eigenvalue weighted by molar-refractivity contribution is -0.140. The number of amides is 1. The Hall–Kier alpha value is -0.900. The molecular weight excluding hydrogens is 228 g/mol. The highest BCUT2D eigenvalue weighted by atomic mass is 16.2. The summed E-state index contributed by atoms with van der Waals surface area (Å²) in [4.78, 5) is 28.2. The first kappa shape index (κ1) is 13.5. The van der Waals surface area contributed by atoms with Crippen molar-refractivity contribution in [2.75, 3.05) is 13.1 Å². The van der Waals surface area contributed by atoms with Crippen LogP contribution in [0.2, 0.25) is 0 Å². The van der Waals surface area contributed by atoms with Crippen molar-refractivity contribution < 1.29 is 9.59 Å². The molecule has 0 aliphatic carbocycles. The molecule has 2 rings (SSSR count). The van der Waals surface area contributed by atoms with Gasteiger partial charge in [0.05, 0.1) is 6.04 Å². The Morgan fingerprint density at radius 1 is 1.28 bits per heavy atom. The lowest BCUT2D eigenvalue weighted by atomic mass is 9.99. The average molecular weight is 252 g/mol. The van der Waals surface area contributed by atoms with E-state index >= 15 is 0 Å². The normalized spacial score (nSPS) is 29.4. The fourth-order valence-corrected chi connectivity index (χ4v) is 3.56. The molecule has 2 bridgehead atoms. The van der Waals surface area contributed by atoms with Crippen LogP contribution in [0.15, 0.2) is 0 Å². The first-order chi connectivity index (χ1) is 8.58. The number of carbonyl (C=O) groups is 2. The van der Waals surface area contributed by atoms with E-state index in [0.29, 0.717) is 30.7 Å². The third-order valence-corrected chi connectivity index (χ3v) is 4.48. The van der Waals surface area contributed by atoms with Crippen molar-refractivity contribution in [1.82, 2.24) is 9.80 Å². The zero-order valence-corrected chi connectivity index (χ0v) is 11.7. The van der Waals surface area contributed by atoms with E-state index in [2.05, 4.69) is 4.90 Å². The second kappa shape index (κ2) is 5.39. The average Bonchev–Trinajstić information content (AvgIpc) is 2.62. The summed E-state index contributed by atoms with van der Waals surface area (Å²) in [6.07, 6.45) is 3.44. The van der Waals surface area contributed by atoms with Crippen LogP contribution < -0.4 is 0 Å². The van der Waals surface area contributed by atoms with Crippen LogP contribution in [0.3, 0.4) is 0 Å². The number of piperidine rings is 1. The molecule has 2 saturated heterocycles. The lowest BCUT2D eigenvalue weighted by Gasteiger charge is -2.39. The van der Waals surface area contributed by atoms with E-state index in [-0.39, 0.29) is 11.9 Å². The number of fused-ring (bicyclic) bond motifs is 2. The molecule has 18 heavy (non-hydrogen) atoms. The number of ketones is 1. The predicted molar refractivity (Wildman–Crippen MR) is 70.3 cm³/mol. The van der Waals surface area contributed by atoms with Gasteiger partial charge in [0.1, 0.15) is 5.78 Å². The molecule has 1 amide bonds. The van der Waals surface area contributed by atoms with E-state index in [1.807, 2.05) is 25.7 Å². The molecule has 3 atom stereocenters. The third kappa shape index (κ3) is 2.30. The summed E-state index contributed by atoms with van der Waals surface area (Å²) in [5.74, 6) is 0.590. The highest BCUT2D eigenvalue weighted by Gasteiger charge is 2.44. The number of hydrogen-bond acceptors (Lipinski definition) is 3. The first-order valence-corrected chi connectivity index (χ1v) is 7.16. The van der Waals surface area contributed by atoms with Gasteiger partial charge in [0.25, 0.3) is 0 Å². The summed E-state index contributed by atoms with van der Waals surface area (Å²) in [6, 6.07) is 0.548. The molecule has 0 saturated carbocycles. The van der Waals surface area contributed by atoms with Gasteiger partial charge < -0.3 is 4.90 Å². The molecule has 0 aromatic heterocycles. The van der Waals surface area contributed by atoms with Crippen LogP contribution in [0, 0.1) is 0 Å². The van der Waals surface area contributed by atoms with Gasteiger partial charge in [-0.15, -0.1) is 0 Å². The zero-order chi connectivity index (χ0) is 13.3. The summed E-state index contributed by atoms with van der Waals surface area (Å²) in [5, 5.41) is 0. The zero-order valence-electron chi connectivity index (χ0n) is 11.7. The van der Waals surface area contributed by atoms with Gasteiger partial charge in [-0.3, -0.25) is 14.5 Å². The molecule has 3 unspecified atom stereocenters. The Bertz CT molecular complexity index is 323. The van der Waals surface area contributed by atoms with Crippen LogP contribution in [0.25, 0.3) is 0 Å². The quantitative estimate of drug-likeness (QED) is 0.760. The van der Waals surface area contributed by atoms with E-state index in [0.717, 1.165) is 25.9 Å². The summed E-state index contributed by atoms with van der Waals surface area (Å²) in [7, 11) is 0. The Labute approximate surface area is 109 Å². The highest BCUT2D eigenvalue weighted by Crippen LogP contribution is 2.35. The number of Topliss-reactive ketones (excluding diaryl/α,β-unsaturated/α-hetero) is 1. The van der Waals surface area contributed by atoms with E-state index in [9.17, 15) is 9.59 Å². The molecule has 0 N–H and O–H groups in total. The van der Waals surface area contributed by atoms with E-state index in [1.54, 1.807) is 0 Å². The van der Waals surface area contributed by atoms with Gasteiger partial charge in [-0.25, -0.2) is 0 Å². The Morgan fingerprint density at radius 3 is 2.22 bits per heavy atom. The fraction of sp³-hybridized carbons (Fsp3) is 0.857. The minimum absolute atomic E-state index is 0.0736. The Morgan fingerprint density at radius 2 is 1.78 bits per heavy atom. The molecular formula is C14H24N2O2. The highest BCUT2D eigenvalue weighted by molar-refractivity contribution is 5.84. The van der Waals surface area contributed by atoms with Crippen molar-refractivity contribution >= 4 is 11.7 Å². The minimum atomic E-state index is -0.0736. The molecule has 2 fully saturated rings. The van der Waals surface area contributed by atoms with Crippen LogP contribution in [0.4, 0.5) is 0 Å². The third-order valence-electron chi connectivity index (χ3n) is 4.48. The van der Waals surface area contributed by atoms with Crippen molar-refractivity contribution in [1.29, 1.82) is 0 Å². The van der Waals surface area contributed by atoms with Gasteiger partial charge in [-0.05, 0) is 33.6 Å². The number of likely N-dealkylation sites (N-methyl/N-ethyl adjacent to an activating group) is 1. The fourth-order valence-electron chi connectivity index (χ4n) is 3.56. The number of hydrogen-bond donors (Lipinski definition) is 0. The maximum absolute atomic E-state index is 12.4. The molecule has 2 aliphatic rings. The van der Waals surface area contributed by atoms with Crippen molar-refractivity contribution in [3.8, 4) is 0 Å². The number of nitrogens with zero attached hydrogens (tertiary/aromatic N) is 2. The number of carbonyl (C=O) groups excluding carboxylic acids is 2. The van der Waals surface area contributed by atoms with Crippen molar-refractivity contribution in [3.63, 3.8) is 0 Å². The van der Waals surface area contributed by atoms with E-state index in [4.69, 9.17) is 0 Å². The van der Waals surface area contributed by atoms with E-state index < -0.39 is 0 Å². The SMILES string of the molecule is CCN(CC)C(=O)C(C)N1C2CCC1CC(=O)C2. The van der Waals surface area contributed by atoms with Gasteiger partial charge >= 0.3 is 0 Å². The van der Waals surface area contributed by atoms with Crippen molar-refractivity contribution in [2.45, 2.75) is 64.6 Å². The van der Waals surface area contributed by atoms with Crippen LogP contribution in [0.5, 0.6) is 0 Å². The van der Waals surface area contributed by atoms with Crippen molar-refractivity contribution in [2.24, 2.45) is 0 Å². The monoisotopic (exact) mass is 252 g/mol. The van der Waals surface area contributed by atoms with Gasteiger partial charge in [0.2, 0.25) is 5.91 Å². The Balaban J connectivity index is 2.08. The molecule has 2 aliphatic heterocycles. The number of rotatable bonds is 4. The first-order valence-electron chi connectivity index (χ1n) is 7.16. The molecule has 0 spiro atoms. The molecule has 4 heteroatoms. The Kier molecular flexibility index (Phi) is 4.05. The van der Waals surface area contributed by atoms with Gasteiger partial charge in [0, 0.05) is 38.0 Å². The molecule has 102 valence electrons. The maximum atomic E-state index is 12.4. The summed E-state index contributed by atoms with van der Waals surface area (Å²) in [6.45, 7) is 7.57. The largest absolute Gasteiger partial charge is 0.342 e. The summed E-state index contributed by atoms with van der Waals surface area (Å²) in [5.41, 5.74) is 0. The minimum Gasteiger partial charge on any atom is -0.342 e. The maximum Gasteiger partial charge on any atom is 0.239 e. The van der Waals surface area contributed by atoms with Crippen LogP contribution in [0.1, 0.15) is 46.5 Å². The lowest BCUT2D eigenvalue weighted by Crippen LogP contribution is -2.54. The molecule has 0 radical (unpaired) electrons.